The van der Waals surface area contributed by atoms with E-state index < -0.39 is 0 Å². The van der Waals surface area contributed by atoms with Gasteiger partial charge in [0.2, 0.25) is 5.91 Å². The van der Waals surface area contributed by atoms with Crippen molar-refractivity contribution in [1.82, 2.24) is 9.88 Å². The second-order valence-electron chi connectivity index (χ2n) is 8.16. The monoisotopic (exact) mass is 402 g/mol. The number of amides is 1. The summed E-state index contributed by atoms with van der Waals surface area (Å²) in [6.07, 6.45) is 0.375. The van der Waals surface area contributed by atoms with Gasteiger partial charge in [-0.15, -0.1) is 0 Å². The number of aromatic nitrogens is 1. The topological polar surface area (TPSA) is 48.5 Å². The fourth-order valence-electron chi connectivity index (χ4n) is 4.12. The molecule has 0 radical (unpaired) electrons. The standard InChI is InChI=1S/C25H30N4O/c1-4-28-10-12-29(13-11-28)24-15-19(3)22-17-21(8-9-23(22)27-24)26-25(30)16-20-7-5-6-18(2)14-20/h5-9,14-15,17H,4,10-13,16H2,1-3H3,(H,26,30). The average Bonchev–Trinajstić information content (AvgIpc) is 2.74. The lowest BCUT2D eigenvalue weighted by molar-refractivity contribution is -0.115. The fraction of sp³-hybridized carbons (Fsp3) is 0.360. The maximum absolute atomic E-state index is 12.5. The first-order valence-electron chi connectivity index (χ1n) is 10.8. The largest absolute Gasteiger partial charge is 0.354 e. The number of aryl methyl sites for hydroxylation is 2. The minimum Gasteiger partial charge on any atom is -0.354 e. The number of hydrogen-bond donors (Lipinski definition) is 1. The van der Waals surface area contributed by atoms with E-state index in [1.807, 2.05) is 43.3 Å². The van der Waals surface area contributed by atoms with Gasteiger partial charge in [-0.2, -0.15) is 0 Å². The number of carbonyl (C=O) groups is 1. The molecule has 30 heavy (non-hydrogen) atoms. The van der Waals surface area contributed by atoms with Crippen molar-refractivity contribution < 1.29 is 4.79 Å². The van der Waals surface area contributed by atoms with Crippen LogP contribution in [0.5, 0.6) is 0 Å². The number of anilines is 2. The molecule has 5 nitrogen and oxygen atoms in total. The zero-order chi connectivity index (χ0) is 21.1. The Balaban J connectivity index is 1.49. The highest BCUT2D eigenvalue weighted by molar-refractivity contribution is 5.95. The molecular formula is C25H30N4O. The van der Waals surface area contributed by atoms with Crippen molar-refractivity contribution in [2.45, 2.75) is 27.2 Å². The molecule has 2 aromatic carbocycles. The van der Waals surface area contributed by atoms with Gasteiger partial charge in [0, 0.05) is 37.3 Å². The smallest absolute Gasteiger partial charge is 0.228 e. The predicted molar refractivity (Wildman–Crippen MR) is 124 cm³/mol. The summed E-state index contributed by atoms with van der Waals surface area (Å²) in [7, 11) is 0. The Morgan fingerprint density at radius 1 is 1.03 bits per heavy atom. The molecule has 1 aliphatic rings. The van der Waals surface area contributed by atoms with Crippen LogP contribution in [-0.4, -0.2) is 48.5 Å². The van der Waals surface area contributed by atoms with E-state index in [-0.39, 0.29) is 5.91 Å². The SMILES string of the molecule is CCN1CCN(c2cc(C)c3cc(NC(=O)Cc4cccc(C)c4)ccc3n2)CC1. The Kier molecular flexibility index (Phi) is 6.00. The molecule has 0 saturated carbocycles. The molecule has 0 bridgehead atoms. The number of benzene rings is 2. The third kappa shape index (κ3) is 4.62. The molecular weight excluding hydrogens is 372 g/mol. The third-order valence-corrected chi connectivity index (χ3v) is 5.88. The highest BCUT2D eigenvalue weighted by Crippen LogP contribution is 2.26. The average molecular weight is 403 g/mol. The molecule has 0 atom stereocenters. The van der Waals surface area contributed by atoms with Crippen LogP contribution < -0.4 is 10.2 Å². The summed E-state index contributed by atoms with van der Waals surface area (Å²) < 4.78 is 0. The molecule has 1 saturated heterocycles. The van der Waals surface area contributed by atoms with Crippen LogP contribution in [-0.2, 0) is 11.2 Å². The first kappa shape index (κ1) is 20.4. The van der Waals surface area contributed by atoms with Gasteiger partial charge in [0.05, 0.1) is 11.9 Å². The number of hydrogen-bond acceptors (Lipinski definition) is 4. The van der Waals surface area contributed by atoms with Gasteiger partial charge in [-0.1, -0.05) is 36.8 Å². The summed E-state index contributed by atoms with van der Waals surface area (Å²) in [5.74, 6) is 1.04. The van der Waals surface area contributed by atoms with Crippen molar-refractivity contribution >= 4 is 28.3 Å². The van der Waals surface area contributed by atoms with Crippen molar-refractivity contribution in [2.24, 2.45) is 0 Å². The maximum atomic E-state index is 12.5. The molecule has 3 aromatic rings. The minimum atomic E-state index is -0.00372. The lowest BCUT2D eigenvalue weighted by Gasteiger charge is -2.35. The van der Waals surface area contributed by atoms with Gasteiger partial charge in [-0.3, -0.25) is 4.79 Å². The second-order valence-corrected chi connectivity index (χ2v) is 8.16. The number of piperazine rings is 1. The van der Waals surface area contributed by atoms with E-state index in [0.29, 0.717) is 6.42 Å². The van der Waals surface area contributed by atoms with Crippen LogP contribution >= 0.6 is 0 Å². The highest BCUT2D eigenvalue weighted by Gasteiger charge is 2.18. The number of nitrogens with zero attached hydrogens (tertiary/aromatic N) is 3. The molecule has 1 fully saturated rings. The molecule has 0 aliphatic carbocycles. The Labute approximate surface area is 178 Å². The fourth-order valence-corrected chi connectivity index (χ4v) is 4.12. The van der Waals surface area contributed by atoms with E-state index in [1.165, 1.54) is 11.1 Å². The molecule has 1 amide bonds. The lowest BCUT2D eigenvalue weighted by atomic mass is 10.1. The van der Waals surface area contributed by atoms with Crippen LogP contribution in [0, 0.1) is 13.8 Å². The predicted octanol–water partition coefficient (Wildman–Crippen LogP) is 4.17. The second kappa shape index (κ2) is 8.84. The molecule has 4 rings (SSSR count). The van der Waals surface area contributed by atoms with Crippen molar-refractivity contribution in [3.8, 4) is 0 Å². The number of likely N-dealkylation sites (N-methyl/N-ethyl adjacent to an activating group) is 1. The van der Waals surface area contributed by atoms with Crippen molar-refractivity contribution in [3.05, 3.63) is 65.2 Å². The van der Waals surface area contributed by atoms with Crippen LogP contribution in [0.15, 0.2) is 48.5 Å². The molecule has 0 spiro atoms. The van der Waals surface area contributed by atoms with Crippen LogP contribution in [0.3, 0.4) is 0 Å². The first-order chi connectivity index (χ1) is 14.5. The quantitative estimate of drug-likeness (QED) is 0.696. The number of fused-ring (bicyclic) bond motifs is 1. The molecule has 1 aliphatic heterocycles. The molecule has 0 unspecified atom stereocenters. The first-order valence-corrected chi connectivity index (χ1v) is 10.8. The van der Waals surface area contributed by atoms with Crippen LogP contribution in [0.1, 0.15) is 23.6 Å². The van der Waals surface area contributed by atoms with Crippen molar-refractivity contribution in [3.63, 3.8) is 0 Å². The van der Waals surface area contributed by atoms with Crippen molar-refractivity contribution in [1.29, 1.82) is 0 Å². The minimum absolute atomic E-state index is 0.00372. The van der Waals surface area contributed by atoms with E-state index in [2.05, 4.69) is 41.1 Å². The van der Waals surface area contributed by atoms with E-state index in [0.717, 1.165) is 60.7 Å². The summed E-state index contributed by atoms with van der Waals surface area (Å²) >= 11 is 0. The normalized spacial score (nSPS) is 14.8. The van der Waals surface area contributed by atoms with E-state index >= 15 is 0 Å². The van der Waals surface area contributed by atoms with Crippen molar-refractivity contribution in [2.75, 3.05) is 42.9 Å². The number of carbonyl (C=O) groups excluding carboxylic acids is 1. The van der Waals surface area contributed by atoms with Gasteiger partial charge >= 0.3 is 0 Å². The Morgan fingerprint density at radius 3 is 2.57 bits per heavy atom. The number of nitrogens with one attached hydrogen (secondary N) is 1. The van der Waals surface area contributed by atoms with Crippen LogP contribution in [0.2, 0.25) is 0 Å². The van der Waals surface area contributed by atoms with Gasteiger partial charge in [0.15, 0.2) is 0 Å². The molecule has 1 N–H and O–H groups in total. The summed E-state index contributed by atoms with van der Waals surface area (Å²) in [5.41, 5.74) is 5.16. The zero-order valence-corrected chi connectivity index (χ0v) is 18.1. The Bertz CT molecular complexity index is 1050. The molecule has 5 heteroatoms. The summed E-state index contributed by atoms with van der Waals surface area (Å²) in [6, 6.07) is 16.2. The maximum Gasteiger partial charge on any atom is 0.228 e. The summed E-state index contributed by atoms with van der Waals surface area (Å²) in [6.45, 7) is 11.7. The zero-order valence-electron chi connectivity index (χ0n) is 18.1. The number of pyridine rings is 1. The van der Waals surface area contributed by atoms with E-state index in [1.54, 1.807) is 0 Å². The summed E-state index contributed by atoms with van der Waals surface area (Å²) in [5, 5.41) is 4.12. The van der Waals surface area contributed by atoms with Crippen LogP contribution in [0.25, 0.3) is 10.9 Å². The van der Waals surface area contributed by atoms with Gasteiger partial charge in [-0.05, 0) is 55.8 Å². The third-order valence-electron chi connectivity index (χ3n) is 5.88. The molecule has 1 aromatic heterocycles. The lowest BCUT2D eigenvalue weighted by Crippen LogP contribution is -2.46. The Hall–Kier alpha value is -2.92. The Morgan fingerprint density at radius 2 is 1.83 bits per heavy atom. The number of rotatable bonds is 5. The van der Waals surface area contributed by atoms with E-state index in [9.17, 15) is 4.79 Å². The molecule has 2 heterocycles. The van der Waals surface area contributed by atoms with E-state index in [4.69, 9.17) is 4.98 Å². The highest BCUT2D eigenvalue weighted by atomic mass is 16.1. The summed E-state index contributed by atoms with van der Waals surface area (Å²) in [4.78, 5) is 22.2. The van der Waals surface area contributed by atoms with Crippen LogP contribution in [0.4, 0.5) is 11.5 Å². The van der Waals surface area contributed by atoms with Gasteiger partial charge < -0.3 is 15.1 Å². The van der Waals surface area contributed by atoms with Gasteiger partial charge in [0.1, 0.15) is 5.82 Å². The molecule has 156 valence electrons. The van der Waals surface area contributed by atoms with Gasteiger partial charge in [0.25, 0.3) is 0 Å². The van der Waals surface area contributed by atoms with Gasteiger partial charge in [-0.25, -0.2) is 4.98 Å².